The molecule has 6 nitrogen and oxygen atoms in total. The van der Waals surface area contributed by atoms with Gasteiger partial charge in [-0.15, -0.1) is 0 Å². The zero-order valence-electron chi connectivity index (χ0n) is 13.8. The van der Waals surface area contributed by atoms with Crippen LogP contribution in [0.25, 0.3) is 0 Å². The van der Waals surface area contributed by atoms with E-state index in [2.05, 4.69) is 20.6 Å². The second-order valence-electron chi connectivity index (χ2n) is 5.07. The van der Waals surface area contributed by atoms with Crippen LogP contribution in [-0.2, 0) is 0 Å². The number of anilines is 4. The van der Waals surface area contributed by atoms with Crippen LogP contribution in [-0.4, -0.2) is 24.2 Å². The lowest BCUT2D eigenvalue weighted by Crippen LogP contribution is -2.02. The maximum Gasteiger partial charge on any atom is 0.229 e. The van der Waals surface area contributed by atoms with Crippen molar-refractivity contribution in [3.63, 3.8) is 0 Å². The Morgan fingerprint density at radius 3 is 2.40 bits per heavy atom. The van der Waals surface area contributed by atoms with Crippen molar-refractivity contribution in [3.05, 3.63) is 59.8 Å². The number of benzene rings is 2. The fraction of sp³-hybridized carbons (Fsp3) is 0.111. The van der Waals surface area contributed by atoms with E-state index >= 15 is 0 Å². The van der Waals surface area contributed by atoms with Gasteiger partial charge in [0, 0.05) is 24.0 Å². The molecule has 2 aromatic carbocycles. The highest BCUT2D eigenvalue weighted by Crippen LogP contribution is 2.36. The molecule has 0 amide bonds. The number of hydrogen-bond acceptors (Lipinski definition) is 6. The van der Waals surface area contributed by atoms with Crippen LogP contribution in [0.3, 0.4) is 0 Å². The smallest absolute Gasteiger partial charge is 0.229 e. The number of nitrogens with one attached hydrogen (secondary N) is 2. The van der Waals surface area contributed by atoms with Crippen LogP contribution in [0.5, 0.6) is 11.5 Å². The first kappa shape index (κ1) is 16.9. The molecule has 0 aliphatic heterocycles. The molecule has 0 unspecified atom stereocenters. The summed E-state index contributed by atoms with van der Waals surface area (Å²) in [5.74, 6) is 2.19. The molecule has 3 rings (SSSR count). The molecule has 0 saturated carbocycles. The maximum absolute atomic E-state index is 6.12. The van der Waals surface area contributed by atoms with Crippen molar-refractivity contribution >= 4 is 34.7 Å². The first-order chi connectivity index (χ1) is 12.2. The van der Waals surface area contributed by atoms with Crippen LogP contribution in [0.1, 0.15) is 0 Å². The van der Waals surface area contributed by atoms with Crippen LogP contribution in [0.2, 0.25) is 5.02 Å². The number of hydrogen-bond donors (Lipinski definition) is 2. The Hall–Kier alpha value is -2.99. The third kappa shape index (κ3) is 4.10. The van der Waals surface area contributed by atoms with Crippen molar-refractivity contribution in [2.24, 2.45) is 0 Å². The summed E-state index contributed by atoms with van der Waals surface area (Å²) in [7, 11) is 3.12. The van der Waals surface area contributed by atoms with Crippen molar-refractivity contribution in [1.29, 1.82) is 0 Å². The molecule has 1 heterocycles. The standard InChI is InChI=1S/C18H17ClN4O2/c1-24-15-11-14(16(25-2)10-13(15)19)22-18-20-9-8-17(23-18)21-12-6-4-3-5-7-12/h3-11H,1-2H3,(H2,20,21,22,23). The lowest BCUT2D eigenvalue weighted by molar-refractivity contribution is 0.405. The van der Waals surface area contributed by atoms with E-state index < -0.39 is 0 Å². The molecule has 3 aromatic rings. The summed E-state index contributed by atoms with van der Waals surface area (Å²) in [6.07, 6.45) is 1.67. The average Bonchev–Trinajstić information content (AvgIpc) is 2.64. The third-order valence-corrected chi connectivity index (χ3v) is 3.72. The van der Waals surface area contributed by atoms with Gasteiger partial charge in [-0.2, -0.15) is 4.98 Å². The summed E-state index contributed by atoms with van der Waals surface area (Å²) >= 11 is 6.12. The average molecular weight is 357 g/mol. The zero-order chi connectivity index (χ0) is 17.6. The SMILES string of the molecule is COc1cc(Nc2nccc(Nc3ccccc3)n2)c(OC)cc1Cl. The number of para-hydroxylation sites is 1. The van der Waals surface area contributed by atoms with E-state index in [1.165, 1.54) is 0 Å². The number of rotatable bonds is 6. The van der Waals surface area contributed by atoms with Gasteiger partial charge in [-0.25, -0.2) is 4.98 Å². The second-order valence-corrected chi connectivity index (χ2v) is 5.48. The number of nitrogens with zero attached hydrogens (tertiary/aromatic N) is 2. The van der Waals surface area contributed by atoms with E-state index in [1.54, 1.807) is 38.6 Å². The summed E-state index contributed by atoms with van der Waals surface area (Å²) in [4.78, 5) is 8.69. The minimum Gasteiger partial charge on any atom is -0.495 e. The zero-order valence-corrected chi connectivity index (χ0v) is 14.5. The topological polar surface area (TPSA) is 68.3 Å². The van der Waals surface area contributed by atoms with Crippen LogP contribution in [0.15, 0.2) is 54.7 Å². The van der Waals surface area contributed by atoms with Crippen LogP contribution in [0, 0.1) is 0 Å². The maximum atomic E-state index is 6.12. The minimum atomic E-state index is 0.420. The molecule has 0 atom stereocenters. The number of halogens is 1. The van der Waals surface area contributed by atoms with Gasteiger partial charge in [0.1, 0.15) is 17.3 Å². The van der Waals surface area contributed by atoms with Crippen LogP contribution < -0.4 is 20.1 Å². The predicted molar refractivity (Wildman–Crippen MR) is 99.6 cm³/mol. The highest BCUT2D eigenvalue weighted by Gasteiger charge is 2.11. The summed E-state index contributed by atoms with van der Waals surface area (Å²) in [5, 5.41) is 6.81. The third-order valence-electron chi connectivity index (χ3n) is 3.42. The number of ether oxygens (including phenoxy) is 2. The molecule has 25 heavy (non-hydrogen) atoms. The lowest BCUT2D eigenvalue weighted by atomic mass is 10.2. The summed E-state index contributed by atoms with van der Waals surface area (Å²) in [5.41, 5.74) is 1.60. The largest absolute Gasteiger partial charge is 0.495 e. The Kier molecular flexibility index (Phi) is 5.20. The Balaban J connectivity index is 1.85. The minimum absolute atomic E-state index is 0.420. The van der Waals surface area contributed by atoms with Gasteiger partial charge in [0.25, 0.3) is 0 Å². The number of methoxy groups -OCH3 is 2. The van der Waals surface area contributed by atoms with Gasteiger partial charge in [-0.05, 0) is 18.2 Å². The molecule has 1 aromatic heterocycles. The normalized spacial score (nSPS) is 10.2. The van der Waals surface area contributed by atoms with E-state index in [9.17, 15) is 0 Å². The molecule has 0 radical (unpaired) electrons. The molecule has 0 aliphatic rings. The molecule has 7 heteroatoms. The van der Waals surface area contributed by atoms with E-state index in [0.717, 1.165) is 5.69 Å². The van der Waals surface area contributed by atoms with Gasteiger partial charge >= 0.3 is 0 Å². The molecule has 0 saturated heterocycles. The quantitative estimate of drug-likeness (QED) is 0.671. The Morgan fingerprint density at radius 2 is 1.68 bits per heavy atom. The fourth-order valence-corrected chi connectivity index (χ4v) is 2.47. The lowest BCUT2D eigenvalue weighted by Gasteiger charge is -2.13. The van der Waals surface area contributed by atoms with E-state index in [0.29, 0.717) is 34.0 Å². The predicted octanol–water partition coefficient (Wildman–Crippen LogP) is 4.63. The van der Waals surface area contributed by atoms with Gasteiger partial charge in [0.2, 0.25) is 5.95 Å². The first-order valence-electron chi connectivity index (χ1n) is 7.53. The van der Waals surface area contributed by atoms with Crippen molar-refractivity contribution in [2.45, 2.75) is 0 Å². The van der Waals surface area contributed by atoms with Gasteiger partial charge < -0.3 is 20.1 Å². The van der Waals surface area contributed by atoms with Crippen molar-refractivity contribution in [2.75, 3.05) is 24.9 Å². The summed E-state index contributed by atoms with van der Waals surface area (Å²) in [6.45, 7) is 0. The van der Waals surface area contributed by atoms with Crippen LogP contribution in [0.4, 0.5) is 23.1 Å². The second kappa shape index (κ2) is 7.72. The molecular formula is C18H17ClN4O2. The van der Waals surface area contributed by atoms with Crippen LogP contribution >= 0.6 is 11.6 Å². The highest BCUT2D eigenvalue weighted by atomic mass is 35.5. The van der Waals surface area contributed by atoms with E-state index in [-0.39, 0.29) is 0 Å². The Bertz CT molecular complexity index is 859. The molecule has 0 bridgehead atoms. The molecule has 0 spiro atoms. The molecule has 2 N–H and O–H groups in total. The van der Waals surface area contributed by atoms with E-state index in [4.69, 9.17) is 21.1 Å². The van der Waals surface area contributed by atoms with Crippen molar-refractivity contribution < 1.29 is 9.47 Å². The van der Waals surface area contributed by atoms with Crippen molar-refractivity contribution in [3.8, 4) is 11.5 Å². The van der Waals surface area contributed by atoms with Gasteiger partial charge in [0.05, 0.1) is 24.9 Å². The molecule has 128 valence electrons. The molecular weight excluding hydrogens is 340 g/mol. The van der Waals surface area contributed by atoms with E-state index in [1.807, 2.05) is 30.3 Å². The van der Waals surface area contributed by atoms with Gasteiger partial charge in [-0.1, -0.05) is 29.8 Å². The Labute approximate surface area is 150 Å². The van der Waals surface area contributed by atoms with Gasteiger partial charge in [0.15, 0.2) is 0 Å². The number of aromatic nitrogens is 2. The highest BCUT2D eigenvalue weighted by molar-refractivity contribution is 6.32. The molecule has 0 aliphatic carbocycles. The molecule has 0 fully saturated rings. The van der Waals surface area contributed by atoms with Crippen molar-refractivity contribution in [1.82, 2.24) is 9.97 Å². The first-order valence-corrected chi connectivity index (χ1v) is 7.91. The monoisotopic (exact) mass is 356 g/mol. The fourth-order valence-electron chi connectivity index (χ4n) is 2.24. The van der Waals surface area contributed by atoms with Gasteiger partial charge in [-0.3, -0.25) is 0 Å². The summed E-state index contributed by atoms with van der Waals surface area (Å²) in [6, 6.07) is 15.0. The Morgan fingerprint density at radius 1 is 0.920 bits per heavy atom. The summed E-state index contributed by atoms with van der Waals surface area (Å²) < 4.78 is 10.6.